The van der Waals surface area contributed by atoms with Crippen LogP contribution in [0, 0.1) is 0 Å². The van der Waals surface area contributed by atoms with Crippen LogP contribution in [-0.2, 0) is 11.1 Å². The molecule has 79 heavy (non-hydrogen) atoms. The van der Waals surface area contributed by atoms with Crippen LogP contribution in [0.4, 0.5) is 26.9 Å². The van der Waals surface area contributed by atoms with Gasteiger partial charge in [-0.2, -0.15) is 0 Å². The fraction of sp³-hybridized carbons (Fsp3) is 0.508. The summed E-state index contributed by atoms with van der Waals surface area (Å²) >= 11 is 12.1. The number of urea groups is 2. The van der Waals surface area contributed by atoms with Gasteiger partial charge in [0.1, 0.15) is 16.8 Å². The lowest BCUT2D eigenvalue weighted by atomic mass is 9.69. The molecule has 2 aromatic carbocycles. The van der Waals surface area contributed by atoms with Gasteiger partial charge in [0.2, 0.25) is 0 Å². The van der Waals surface area contributed by atoms with E-state index in [1.807, 2.05) is 41.6 Å². The third-order valence-electron chi connectivity index (χ3n) is 16.7. The molecule has 12 rings (SSSR count). The van der Waals surface area contributed by atoms with Crippen LogP contribution >= 0.6 is 43.5 Å². The van der Waals surface area contributed by atoms with Crippen molar-refractivity contribution >= 4 is 72.8 Å². The summed E-state index contributed by atoms with van der Waals surface area (Å²) < 4.78 is 1.98. The van der Waals surface area contributed by atoms with Crippen molar-refractivity contribution in [1.29, 1.82) is 0 Å². The van der Waals surface area contributed by atoms with Gasteiger partial charge in [0.15, 0.2) is 0 Å². The van der Waals surface area contributed by atoms with Crippen LogP contribution in [0.2, 0.25) is 5.15 Å². The molecule has 2 spiro atoms. The van der Waals surface area contributed by atoms with Gasteiger partial charge in [0.05, 0.1) is 29.5 Å². The SMILES string of the molecule is Brc1ccc(N2CCNCC2)nc1.C1CNCNC1.CN(C)C1(c2ccccc2)CCC2(CC1)CN(c1ccc(N3CCNCC3)nc1)C(=O)N2.CN(C)C1(c2ccccc2)CCC2(CC1)CNC(=O)N2.Clc1ccc(Br)cn1. The number of hydrogen-bond acceptors (Lipinski definition) is 13. The van der Waals surface area contributed by atoms with Gasteiger partial charge >= 0.3 is 12.1 Å². The molecule has 17 nitrogen and oxygen atoms in total. The van der Waals surface area contributed by atoms with Crippen LogP contribution in [0.5, 0.6) is 0 Å². The first-order chi connectivity index (χ1) is 38.2. The molecular formula is C59H82Br2ClN15O2. The summed E-state index contributed by atoms with van der Waals surface area (Å²) in [6.07, 6.45) is 14.8. The smallest absolute Gasteiger partial charge is 0.322 e. The number of amides is 4. The quantitative estimate of drug-likeness (QED) is 0.0780. The Kier molecular flexibility index (Phi) is 21.8. The molecule has 5 aromatic rings. The van der Waals surface area contributed by atoms with Crippen LogP contribution in [0.25, 0.3) is 0 Å². The number of carbonyl (C=O) groups excluding carboxylic acids is 2. The Hall–Kier alpha value is -4.96. The maximum Gasteiger partial charge on any atom is 0.322 e. The van der Waals surface area contributed by atoms with Crippen molar-refractivity contribution in [2.75, 3.05) is 128 Å². The molecule has 8 heterocycles. The number of piperazine rings is 2. The molecule has 5 saturated heterocycles. The Morgan fingerprint density at radius 2 is 1.01 bits per heavy atom. The summed E-state index contributed by atoms with van der Waals surface area (Å²) in [6, 6.07) is 33.3. The minimum absolute atomic E-state index is 0.00112. The van der Waals surface area contributed by atoms with Crippen molar-refractivity contribution in [3.63, 3.8) is 0 Å². The van der Waals surface area contributed by atoms with Crippen LogP contribution in [0.3, 0.4) is 0 Å². The van der Waals surface area contributed by atoms with Gasteiger partial charge in [-0.15, -0.1) is 0 Å². The van der Waals surface area contributed by atoms with E-state index in [0.717, 1.165) is 143 Å². The molecule has 0 atom stereocenters. The summed E-state index contributed by atoms with van der Waals surface area (Å²) in [5, 5.41) is 22.9. The highest BCUT2D eigenvalue weighted by Crippen LogP contribution is 2.47. The van der Waals surface area contributed by atoms with Gasteiger partial charge in [0.25, 0.3) is 0 Å². The van der Waals surface area contributed by atoms with Crippen LogP contribution in [0.1, 0.15) is 68.9 Å². The number of aromatic nitrogens is 3. The molecule has 2 aliphatic carbocycles. The molecule has 20 heteroatoms. The molecule has 7 aliphatic rings. The first kappa shape index (κ1) is 60.1. The minimum Gasteiger partial charge on any atom is -0.354 e. The van der Waals surface area contributed by atoms with Crippen LogP contribution < -0.4 is 51.9 Å². The van der Waals surface area contributed by atoms with Gasteiger partial charge in [-0.1, -0.05) is 72.3 Å². The lowest BCUT2D eigenvalue weighted by Crippen LogP contribution is -2.54. The zero-order valence-electron chi connectivity index (χ0n) is 46.6. The van der Waals surface area contributed by atoms with E-state index in [4.69, 9.17) is 11.6 Å². The fourth-order valence-electron chi connectivity index (χ4n) is 11.9. The molecule has 4 amide bonds. The van der Waals surface area contributed by atoms with Crippen molar-refractivity contribution in [2.45, 2.75) is 79.9 Å². The van der Waals surface area contributed by atoms with E-state index in [-0.39, 0.29) is 34.2 Å². The van der Waals surface area contributed by atoms with Crippen LogP contribution in [-0.4, -0.2) is 161 Å². The first-order valence-electron chi connectivity index (χ1n) is 28.0. The third kappa shape index (κ3) is 15.9. The lowest BCUT2D eigenvalue weighted by molar-refractivity contribution is 0.0652. The molecule has 3 aromatic heterocycles. The zero-order chi connectivity index (χ0) is 55.7. The van der Waals surface area contributed by atoms with Crippen molar-refractivity contribution in [2.24, 2.45) is 0 Å². The van der Waals surface area contributed by atoms with E-state index in [0.29, 0.717) is 11.7 Å². The molecule has 7 N–H and O–H groups in total. The van der Waals surface area contributed by atoms with Crippen molar-refractivity contribution in [3.8, 4) is 0 Å². The monoisotopic (exact) mass is 1230 g/mol. The largest absolute Gasteiger partial charge is 0.354 e. The predicted octanol–water partition coefficient (Wildman–Crippen LogP) is 8.14. The molecule has 0 radical (unpaired) electrons. The molecule has 2 saturated carbocycles. The predicted molar refractivity (Wildman–Crippen MR) is 327 cm³/mol. The summed E-state index contributed by atoms with van der Waals surface area (Å²) in [5.74, 6) is 2.06. The average Bonchev–Trinajstić information content (AvgIpc) is 4.07. The summed E-state index contributed by atoms with van der Waals surface area (Å²) in [4.78, 5) is 48.4. The maximum atomic E-state index is 13.0. The maximum absolute atomic E-state index is 13.0. The molecular weight excluding hydrogens is 1150 g/mol. The van der Waals surface area contributed by atoms with Crippen LogP contribution in [0.15, 0.2) is 125 Å². The molecule has 7 fully saturated rings. The van der Waals surface area contributed by atoms with Gasteiger partial charge < -0.3 is 47.0 Å². The van der Waals surface area contributed by atoms with Gasteiger partial charge in [0, 0.05) is 98.0 Å². The number of benzene rings is 2. The lowest BCUT2D eigenvalue weighted by Gasteiger charge is -2.48. The highest BCUT2D eigenvalue weighted by atomic mass is 79.9. The van der Waals surface area contributed by atoms with E-state index in [1.54, 1.807) is 12.3 Å². The van der Waals surface area contributed by atoms with Gasteiger partial charge in [-0.05, 0) is 178 Å². The Labute approximate surface area is 490 Å². The number of nitrogens with one attached hydrogen (secondary N) is 7. The summed E-state index contributed by atoms with van der Waals surface area (Å²) in [7, 11) is 8.68. The fourth-order valence-corrected chi connectivity index (χ4v) is 12.5. The van der Waals surface area contributed by atoms with E-state index in [9.17, 15) is 9.59 Å². The number of carbonyl (C=O) groups is 2. The highest BCUT2D eigenvalue weighted by Gasteiger charge is 2.51. The molecule has 0 bridgehead atoms. The second-order valence-corrected chi connectivity index (χ2v) is 24.2. The Morgan fingerprint density at radius 1 is 0.532 bits per heavy atom. The van der Waals surface area contributed by atoms with E-state index in [1.165, 1.54) is 30.6 Å². The number of hydrogen-bond donors (Lipinski definition) is 7. The van der Waals surface area contributed by atoms with E-state index in [2.05, 4.69) is 199 Å². The highest BCUT2D eigenvalue weighted by molar-refractivity contribution is 9.10. The standard InChI is InChI=1S/C25H34N6O.C16H23N3O.C9H12BrN3.C5H3BrClN.C4H10N2/c1-29(2)25(20-6-4-3-5-7-20)12-10-24(11-13-25)19-31(23(32)28-24)21-8-9-22(27-18-21)30-16-14-26-15-17-30;1-19(2)16(13-6-4-3-5-7-13)10-8-15(9-11-16)12-17-14(20)18-15;10-8-1-2-9(12-7-8)13-5-3-11-4-6-13;6-4-1-2-5(7)8-3-4;1-2-5-4-6-3-1/h3-9,18,26H,10-17,19H2,1-2H3,(H,28,32);3-7H,8-12H2,1-2H3,(H2,17,18,20);1-2,7,11H,3-6H2;1-3H;5-6H,1-4H2. The third-order valence-corrected chi connectivity index (χ3v) is 17.9. The average molecular weight is 1230 g/mol. The van der Waals surface area contributed by atoms with Crippen molar-refractivity contribution < 1.29 is 9.59 Å². The number of nitrogens with zero attached hydrogens (tertiary/aromatic N) is 8. The Balaban J connectivity index is 0.000000148. The second-order valence-electron chi connectivity index (χ2n) is 22.0. The normalized spacial score (nSPS) is 25.6. The topological polar surface area (TPSA) is 173 Å². The van der Waals surface area contributed by atoms with Gasteiger partial charge in [-0.25, -0.2) is 24.5 Å². The Morgan fingerprint density at radius 3 is 1.39 bits per heavy atom. The number of anilines is 3. The summed E-state index contributed by atoms with van der Waals surface area (Å²) in [5.41, 5.74) is 3.57. The molecule has 426 valence electrons. The van der Waals surface area contributed by atoms with E-state index >= 15 is 0 Å². The zero-order valence-corrected chi connectivity index (χ0v) is 50.5. The molecule has 0 unspecified atom stereocenters. The number of halogens is 3. The van der Waals surface area contributed by atoms with Gasteiger partial charge in [-0.3, -0.25) is 14.7 Å². The second kappa shape index (κ2) is 28.6. The molecule has 5 aliphatic heterocycles. The van der Waals surface area contributed by atoms with E-state index < -0.39 is 0 Å². The minimum atomic E-state index is -0.164. The first-order valence-corrected chi connectivity index (χ1v) is 30.0. The summed E-state index contributed by atoms with van der Waals surface area (Å²) in [6.45, 7) is 13.0. The van der Waals surface area contributed by atoms with Crippen molar-refractivity contribution in [1.82, 2.24) is 62.0 Å². The van der Waals surface area contributed by atoms with Crippen molar-refractivity contribution in [3.05, 3.63) is 141 Å². The number of rotatable bonds is 7. The Bertz CT molecular complexity index is 2590. The number of pyridine rings is 3.